The maximum atomic E-state index is 11.5. The van der Waals surface area contributed by atoms with Gasteiger partial charge in [-0.3, -0.25) is 4.79 Å². The third-order valence-corrected chi connectivity index (χ3v) is 2.63. The average molecular weight is 297 g/mol. The number of hydrogen-bond acceptors (Lipinski definition) is 6. The Morgan fingerprint density at radius 1 is 1.14 bits per heavy atom. The van der Waals surface area contributed by atoms with Crippen molar-refractivity contribution in [1.29, 1.82) is 0 Å². The van der Waals surface area contributed by atoms with Crippen LogP contribution in [-0.2, 0) is 11.3 Å². The van der Waals surface area contributed by atoms with Crippen LogP contribution in [0.15, 0.2) is 4.42 Å². The Morgan fingerprint density at radius 3 is 2.52 bits per heavy atom. The van der Waals surface area contributed by atoms with Crippen molar-refractivity contribution in [3.63, 3.8) is 0 Å². The number of rotatable bonds is 10. The van der Waals surface area contributed by atoms with Crippen LogP contribution < -0.4 is 16.0 Å². The van der Waals surface area contributed by atoms with E-state index in [0.717, 1.165) is 6.54 Å². The fourth-order valence-electron chi connectivity index (χ4n) is 1.55. The minimum atomic E-state index is 0.0227. The number of aromatic nitrogens is 2. The normalized spacial score (nSPS) is 11.1. The van der Waals surface area contributed by atoms with Crippen molar-refractivity contribution in [3.05, 3.63) is 5.89 Å². The van der Waals surface area contributed by atoms with Crippen LogP contribution in [0.3, 0.4) is 0 Å². The topological polar surface area (TPSA) is 92.1 Å². The molecule has 0 bridgehead atoms. The molecule has 120 valence electrons. The molecule has 0 radical (unpaired) electrons. The highest BCUT2D eigenvalue weighted by Crippen LogP contribution is 2.05. The summed E-state index contributed by atoms with van der Waals surface area (Å²) in [6.07, 6.45) is 0.385. The highest BCUT2D eigenvalue weighted by atomic mass is 16.4. The summed E-state index contributed by atoms with van der Waals surface area (Å²) >= 11 is 0. The molecule has 7 nitrogen and oxygen atoms in total. The van der Waals surface area contributed by atoms with Crippen LogP contribution in [0.1, 0.15) is 40.0 Å². The van der Waals surface area contributed by atoms with Gasteiger partial charge in [0.25, 0.3) is 0 Å². The lowest BCUT2D eigenvalue weighted by Gasteiger charge is -2.07. The first-order valence-electron chi connectivity index (χ1n) is 7.51. The smallest absolute Gasteiger partial charge is 0.315 e. The number of hydrogen-bond donors (Lipinski definition) is 3. The Kier molecular flexibility index (Phi) is 7.74. The number of carbonyl (C=O) groups excluding carboxylic acids is 1. The zero-order valence-corrected chi connectivity index (χ0v) is 13.4. The molecule has 0 aliphatic rings. The molecule has 0 atom stereocenters. The first kappa shape index (κ1) is 17.4. The van der Waals surface area contributed by atoms with Gasteiger partial charge >= 0.3 is 6.01 Å². The highest BCUT2D eigenvalue weighted by Gasteiger charge is 2.07. The lowest BCUT2D eigenvalue weighted by Crippen LogP contribution is -2.28. The SMILES string of the molecule is CC(C)CNCc1nnc(NCCC(=O)NCC(C)C)o1. The van der Waals surface area contributed by atoms with Crippen LogP contribution in [0.25, 0.3) is 0 Å². The Balaban J connectivity index is 2.18. The molecule has 1 aromatic rings. The summed E-state index contributed by atoms with van der Waals surface area (Å²) in [7, 11) is 0. The van der Waals surface area contributed by atoms with Gasteiger partial charge in [0.15, 0.2) is 0 Å². The molecule has 1 amide bonds. The molecule has 7 heteroatoms. The van der Waals surface area contributed by atoms with E-state index >= 15 is 0 Å². The van der Waals surface area contributed by atoms with Crippen molar-refractivity contribution in [1.82, 2.24) is 20.8 Å². The second-order valence-corrected chi connectivity index (χ2v) is 5.90. The molecule has 1 aromatic heterocycles. The van der Waals surface area contributed by atoms with Crippen molar-refractivity contribution in [2.24, 2.45) is 11.8 Å². The van der Waals surface area contributed by atoms with Crippen molar-refractivity contribution in [2.75, 3.05) is 25.0 Å². The Labute approximate surface area is 126 Å². The van der Waals surface area contributed by atoms with Gasteiger partial charge in [0.1, 0.15) is 0 Å². The van der Waals surface area contributed by atoms with Gasteiger partial charge in [0, 0.05) is 19.5 Å². The minimum Gasteiger partial charge on any atom is -0.407 e. The van der Waals surface area contributed by atoms with E-state index in [-0.39, 0.29) is 5.91 Å². The molecule has 0 spiro atoms. The van der Waals surface area contributed by atoms with Gasteiger partial charge in [0.2, 0.25) is 11.8 Å². The zero-order valence-electron chi connectivity index (χ0n) is 13.4. The molecular formula is C14H27N5O2. The Hall–Kier alpha value is -1.63. The van der Waals surface area contributed by atoms with Crippen LogP contribution in [0, 0.1) is 11.8 Å². The van der Waals surface area contributed by atoms with Crippen LogP contribution in [0.4, 0.5) is 6.01 Å². The predicted octanol–water partition coefficient (Wildman–Crippen LogP) is 1.39. The van der Waals surface area contributed by atoms with Gasteiger partial charge < -0.3 is 20.4 Å². The van der Waals surface area contributed by atoms with Gasteiger partial charge in [-0.2, -0.15) is 0 Å². The van der Waals surface area contributed by atoms with Gasteiger partial charge in [0.05, 0.1) is 6.54 Å². The van der Waals surface area contributed by atoms with E-state index < -0.39 is 0 Å². The largest absolute Gasteiger partial charge is 0.407 e. The quantitative estimate of drug-likeness (QED) is 0.604. The fourth-order valence-corrected chi connectivity index (χ4v) is 1.55. The Morgan fingerprint density at radius 2 is 1.86 bits per heavy atom. The van der Waals surface area contributed by atoms with Crippen LogP contribution >= 0.6 is 0 Å². The summed E-state index contributed by atoms with van der Waals surface area (Å²) in [6.45, 7) is 11.0. The third kappa shape index (κ3) is 8.29. The van der Waals surface area contributed by atoms with E-state index in [0.29, 0.717) is 49.8 Å². The van der Waals surface area contributed by atoms with E-state index in [2.05, 4.69) is 53.8 Å². The summed E-state index contributed by atoms with van der Waals surface area (Å²) in [5, 5.41) is 16.9. The average Bonchev–Trinajstić information content (AvgIpc) is 2.84. The lowest BCUT2D eigenvalue weighted by atomic mass is 10.2. The number of carbonyl (C=O) groups is 1. The molecule has 0 aliphatic heterocycles. The standard InChI is InChI=1S/C14H27N5O2/c1-10(2)7-15-9-13-18-19-14(21-13)16-6-5-12(20)17-8-11(3)4/h10-11,15H,5-9H2,1-4H3,(H,16,19)(H,17,20). The van der Waals surface area contributed by atoms with Crippen molar-refractivity contribution in [2.45, 2.75) is 40.7 Å². The molecule has 0 unspecified atom stereocenters. The third-order valence-electron chi connectivity index (χ3n) is 2.63. The second-order valence-electron chi connectivity index (χ2n) is 5.90. The molecule has 1 heterocycles. The van der Waals surface area contributed by atoms with E-state index in [9.17, 15) is 4.79 Å². The molecule has 0 fully saturated rings. The maximum Gasteiger partial charge on any atom is 0.315 e. The van der Waals surface area contributed by atoms with Gasteiger partial charge in [-0.05, 0) is 18.4 Å². The van der Waals surface area contributed by atoms with Crippen molar-refractivity contribution >= 4 is 11.9 Å². The van der Waals surface area contributed by atoms with E-state index in [4.69, 9.17) is 4.42 Å². The molecule has 0 saturated heterocycles. The minimum absolute atomic E-state index is 0.0227. The molecule has 0 aromatic carbocycles. The zero-order chi connectivity index (χ0) is 15.7. The first-order valence-corrected chi connectivity index (χ1v) is 7.51. The predicted molar refractivity (Wildman–Crippen MR) is 81.8 cm³/mol. The summed E-state index contributed by atoms with van der Waals surface area (Å²) in [5.74, 6) is 1.60. The lowest BCUT2D eigenvalue weighted by molar-refractivity contribution is -0.120. The molecule has 3 N–H and O–H groups in total. The second kappa shape index (κ2) is 9.33. The van der Waals surface area contributed by atoms with E-state index in [1.165, 1.54) is 0 Å². The molecule has 0 aliphatic carbocycles. The van der Waals surface area contributed by atoms with Crippen LogP contribution in [-0.4, -0.2) is 35.7 Å². The van der Waals surface area contributed by atoms with Crippen molar-refractivity contribution in [3.8, 4) is 0 Å². The molecule has 21 heavy (non-hydrogen) atoms. The molecule has 0 saturated carbocycles. The maximum absolute atomic E-state index is 11.5. The van der Waals surface area contributed by atoms with Gasteiger partial charge in [-0.1, -0.05) is 32.8 Å². The number of anilines is 1. The summed E-state index contributed by atoms with van der Waals surface area (Å²) < 4.78 is 5.42. The van der Waals surface area contributed by atoms with E-state index in [1.54, 1.807) is 0 Å². The number of amides is 1. The summed E-state index contributed by atoms with van der Waals surface area (Å²) in [5.41, 5.74) is 0. The fraction of sp³-hybridized carbons (Fsp3) is 0.786. The monoisotopic (exact) mass is 297 g/mol. The molecule has 1 rings (SSSR count). The molecular weight excluding hydrogens is 270 g/mol. The van der Waals surface area contributed by atoms with Crippen LogP contribution in [0.5, 0.6) is 0 Å². The summed E-state index contributed by atoms with van der Waals surface area (Å²) in [4.78, 5) is 11.5. The highest BCUT2D eigenvalue weighted by molar-refractivity contribution is 5.76. The number of nitrogens with zero attached hydrogens (tertiary/aromatic N) is 2. The summed E-state index contributed by atoms with van der Waals surface area (Å²) in [6, 6.07) is 0.355. The number of nitrogens with one attached hydrogen (secondary N) is 3. The first-order chi connectivity index (χ1) is 9.97. The Bertz CT molecular complexity index is 417. The van der Waals surface area contributed by atoms with E-state index in [1.807, 2.05) is 0 Å². The van der Waals surface area contributed by atoms with Gasteiger partial charge in [-0.25, -0.2) is 0 Å². The van der Waals surface area contributed by atoms with Crippen LogP contribution in [0.2, 0.25) is 0 Å². The van der Waals surface area contributed by atoms with Crippen molar-refractivity contribution < 1.29 is 9.21 Å². The van der Waals surface area contributed by atoms with Gasteiger partial charge in [-0.15, -0.1) is 5.10 Å².